The molecule has 4 nitrogen and oxygen atoms in total. The second kappa shape index (κ2) is 17.2. The van der Waals surface area contributed by atoms with Crippen molar-refractivity contribution in [1.29, 1.82) is 0 Å². The lowest BCUT2D eigenvalue weighted by Gasteiger charge is -2.06. The van der Waals surface area contributed by atoms with Gasteiger partial charge in [-0.3, -0.25) is 0 Å². The van der Waals surface area contributed by atoms with Gasteiger partial charge < -0.3 is 9.97 Å². The van der Waals surface area contributed by atoms with E-state index in [-0.39, 0.29) is 47.9 Å². The minimum Gasteiger partial charge on any atom is -0.350 e. The molecule has 0 atom stereocenters. The predicted octanol–water partition coefficient (Wildman–Crippen LogP) is 13.3. The molecule has 0 aliphatic carbocycles. The van der Waals surface area contributed by atoms with Crippen LogP contribution in [0, 0.1) is 23.3 Å². The SMILES string of the molecule is CCCCCc1c2nc(c(CCCCC)c3[nH]c(c(F)c3F)c(CCCCC)c3nc(c(CCCCC)c4[nH]c1c(F)c4F)C(F)=C3F)C(F)=C2F. The van der Waals surface area contributed by atoms with Gasteiger partial charge in [-0.05, 0) is 51.4 Å². The normalized spacial score (nSPS) is 13.3. The molecule has 2 aliphatic rings. The van der Waals surface area contributed by atoms with E-state index in [1.165, 1.54) is 0 Å². The number of nitrogens with one attached hydrogen (secondary N) is 2. The fourth-order valence-corrected chi connectivity index (χ4v) is 7.03. The van der Waals surface area contributed by atoms with Crippen LogP contribution in [-0.2, 0) is 25.7 Å². The summed E-state index contributed by atoms with van der Waals surface area (Å²) in [7, 11) is 0. The van der Waals surface area contributed by atoms with Gasteiger partial charge in [-0.1, -0.05) is 79.1 Å². The summed E-state index contributed by atoms with van der Waals surface area (Å²) in [5.41, 5.74) is -5.20. The Morgan fingerprint density at radius 2 is 0.558 bits per heavy atom. The minimum absolute atomic E-state index is 0.0548. The molecule has 5 heterocycles. The average Bonchev–Trinajstić information content (AvgIpc) is 3.80. The van der Waals surface area contributed by atoms with Crippen molar-refractivity contribution in [2.45, 2.75) is 130 Å². The van der Waals surface area contributed by atoms with Crippen LogP contribution in [0.25, 0.3) is 45.4 Å². The van der Waals surface area contributed by atoms with Crippen LogP contribution in [0.1, 0.15) is 150 Å². The Bertz CT molecular complexity index is 1760. The molecule has 282 valence electrons. The summed E-state index contributed by atoms with van der Waals surface area (Å²) in [4.78, 5) is 13.9. The third kappa shape index (κ3) is 7.44. The van der Waals surface area contributed by atoms with E-state index < -0.39 is 91.4 Å². The van der Waals surface area contributed by atoms with Crippen LogP contribution >= 0.6 is 0 Å². The molecule has 3 aromatic heterocycles. The summed E-state index contributed by atoms with van der Waals surface area (Å²) in [6.45, 7) is 7.63. The van der Waals surface area contributed by atoms with E-state index in [0.717, 1.165) is 0 Å². The summed E-state index contributed by atoms with van der Waals surface area (Å²) < 4.78 is 129. The van der Waals surface area contributed by atoms with Crippen molar-refractivity contribution in [1.82, 2.24) is 19.9 Å². The topological polar surface area (TPSA) is 57.4 Å². The van der Waals surface area contributed by atoms with E-state index in [0.29, 0.717) is 77.0 Å². The molecule has 0 saturated carbocycles. The summed E-state index contributed by atoms with van der Waals surface area (Å²) in [6.07, 6.45) is 6.57. The number of halogens is 8. The van der Waals surface area contributed by atoms with E-state index in [2.05, 4.69) is 19.9 Å². The number of fused-ring (bicyclic) bond motifs is 8. The van der Waals surface area contributed by atoms with Crippen molar-refractivity contribution in [3.63, 3.8) is 0 Å². The Balaban J connectivity index is 2.08. The maximum atomic E-state index is 16.1. The van der Waals surface area contributed by atoms with Gasteiger partial charge in [-0.15, -0.1) is 0 Å². The van der Waals surface area contributed by atoms with Crippen LogP contribution in [0.2, 0.25) is 0 Å². The van der Waals surface area contributed by atoms with E-state index in [4.69, 9.17) is 0 Å². The largest absolute Gasteiger partial charge is 0.350 e. The van der Waals surface area contributed by atoms with Crippen LogP contribution in [0.5, 0.6) is 0 Å². The smallest absolute Gasteiger partial charge is 0.187 e. The van der Waals surface area contributed by atoms with E-state index in [9.17, 15) is 0 Å². The van der Waals surface area contributed by atoms with Crippen molar-refractivity contribution < 1.29 is 35.1 Å². The summed E-state index contributed by atoms with van der Waals surface area (Å²) in [5, 5.41) is 0. The zero-order valence-electron chi connectivity index (χ0n) is 30.2. The first-order valence-electron chi connectivity index (χ1n) is 18.6. The molecule has 2 aliphatic heterocycles. The van der Waals surface area contributed by atoms with Crippen LogP contribution < -0.4 is 0 Å². The average molecular weight is 735 g/mol. The molecule has 0 amide bonds. The highest BCUT2D eigenvalue weighted by Crippen LogP contribution is 2.42. The van der Waals surface area contributed by atoms with Gasteiger partial charge in [0, 0.05) is 22.3 Å². The van der Waals surface area contributed by atoms with E-state index in [1.807, 2.05) is 27.7 Å². The highest BCUT2D eigenvalue weighted by atomic mass is 19.2. The fourth-order valence-electron chi connectivity index (χ4n) is 7.03. The Labute approximate surface area is 298 Å². The van der Waals surface area contributed by atoms with Gasteiger partial charge in [0.2, 0.25) is 0 Å². The maximum Gasteiger partial charge on any atom is 0.187 e. The number of aryl methyl sites for hydroxylation is 4. The van der Waals surface area contributed by atoms with Crippen LogP contribution in [0.3, 0.4) is 0 Å². The zero-order valence-corrected chi connectivity index (χ0v) is 30.2. The highest BCUT2D eigenvalue weighted by Gasteiger charge is 2.33. The molecule has 0 unspecified atom stereocenters. The molecule has 12 heteroatoms. The molecule has 5 rings (SSSR count). The number of aromatic amines is 2. The van der Waals surface area contributed by atoms with Gasteiger partial charge >= 0.3 is 0 Å². The third-order valence-corrected chi connectivity index (χ3v) is 9.90. The number of unbranched alkanes of at least 4 members (excludes halogenated alkanes) is 8. The van der Waals surface area contributed by atoms with E-state index >= 15 is 35.1 Å². The molecule has 3 aromatic rings. The molecule has 0 fully saturated rings. The quantitative estimate of drug-likeness (QED) is 0.114. The summed E-state index contributed by atoms with van der Waals surface area (Å²) in [6, 6.07) is 0. The van der Waals surface area contributed by atoms with Crippen molar-refractivity contribution in [2.75, 3.05) is 0 Å². The molecule has 0 radical (unpaired) electrons. The Morgan fingerprint density at radius 3 is 0.750 bits per heavy atom. The van der Waals surface area contributed by atoms with E-state index in [1.54, 1.807) is 0 Å². The summed E-state index contributed by atoms with van der Waals surface area (Å²) >= 11 is 0. The first kappa shape index (κ1) is 39.3. The van der Waals surface area contributed by atoms with Crippen molar-refractivity contribution in [3.05, 3.63) is 68.3 Å². The maximum absolute atomic E-state index is 16.1. The highest BCUT2D eigenvalue weighted by molar-refractivity contribution is 5.92. The molecule has 0 saturated heterocycles. The van der Waals surface area contributed by atoms with Gasteiger partial charge in [0.05, 0.1) is 22.1 Å². The lowest BCUT2D eigenvalue weighted by atomic mass is 10.0. The number of nitrogens with zero attached hydrogens (tertiary/aromatic N) is 2. The minimum atomic E-state index is -1.45. The fraction of sp³-hybridized carbons (Fsp3) is 0.500. The lowest BCUT2D eigenvalue weighted by molar-refractivity contribution is 0.527. The molecular weight excluding hydrogens is 688 g/mol. The number of rotatable bonds is 16. The van der Waals surface area contributed by atoms with Crippen molar-refractivity contribution in [3.8, 4) is 0 Å². The Kier molecular flexibility index (Phi) is 13.0. The second-order valence-corrected chi connectivity index (χ2v) is 13.6. The number of aromatic nitrogens is 4. The second-order valence-electron chi connectivity index (χ2n) is 13.6. The van der Waals surface area contributed by atoms with Gasteiger partial charge in [0.25, 0.3) is 0 Å². The van der Waals surface area contributed by atoms with Crippen molar-refractivity contribution >= 4 is 45.4 Å². The first-order chi connectivity index (χ1) is 25.0. The van der Waals surface area contributed by atoms with Crippen LogP contribution in [-0.4, -0.2) is 19.9 Å². The van der Waals surface area contributed by atoms with Gasteiger partial charge in [0.1, 0.15) is 22.8 Å². The molecule has 2 N–H and O–H groups in total. The monoisotopic (exact) mass is 734 g/mol. The zero-order chi connectivity index (χ0) is 37.7. The van der Waals surface area contributed by atoms with Gasteiger partial charge in [0.15, 0.2) is 46.6 Å². The number of hydrogen-bond acceptors (Lipinski definition) is 2. The molecular formula is C40H46F8N4. The lowest BCUT2D eigenvalue weighted by Crippen LogP contribution is -1.97. The number of hydrogen-bond donors (Lipinski definition) is 2. The van der Waals surface area contributed by atoms with Gasteiger partial charge in [-0.25, -0.2) is 45.1 Å². The Morgan fingerprint density at radius 1 is 0.346 bits per heavy atom. The van der Waals surface area contributed by atoms with Crippen LogP contribution in [0.15, 0.2) is 0 Å². The Hall–Kier alpha value is -3.96. The number of H-pyrrole nitrogens is 2. The molecule has 0 spiro atoms. The molecule has 0 aromatic carbocycles. The first-order valence-corrected chi connectivity index (χ1v) is 18.6. The predicted molar refractivity (Wildman–Crippen MR) is 192 cm³/mol. The molecule has 8 bridgehead atoms. The van der Waals surface area contributed by atoms with Gasteiger partial charge in [-0.2, -0.15) is 0 Å². The third-order valence-electron chi connectivity index (χ3n) is 9.90. The summed E-state index contributed by atoms with van der Waals surface area (Å²) in [5.74, 6) is -11.5. The standard InChI is InChI=1S/C40H46F8N4/c1-5-9-13-17-21-33-25(41)27(43)35(49-33)22(18-14-10-6-2)37-29(45)31(47)39(51-37)24(20-16-12-8-4)40-32(48)30(46)38(52-40)23(19-15-11-7-3)36-28(44)26(42)34(21)50-36/h49,52H,5-20H2,1-4H3. The molecule has 52 heavy (non-hydrogen) atoms. The van der Waals surface area contributed by atoms with Crippen LogP contribution in [0.4, 0.5) is 35.1 Å². The van der Waals surface area contributed by atoms with Crippen molar-refractivity contribution in [2.24, 2.45) is 0 Å².